The molecular weight excluding hydrogens is 515 g/mol. The van der Waals surface area contributed by atoms with Crippen molar-refractivity contribution in [2.45, 2.75) is 62.0 Å². The zero-order valence-corrected chi connectivity index (χ0v) is 22.9. The first-order valence-electron chi connectivity index (χ1n) is 12.3. The fraction of sp³-hybridized carbons (Fsp3) is 0.429. The van der Waals surface area contributed by atoms with E-state index < -0.39 is 23.5 Å². The summed E-state index contributed by atoms with van der Waals surface area (Å²) >= 11 is 1.79. The first-order chi connectivity index (χ1) is 17.5. The van der Waals surface area contributed by atoms with Gasteiger partial charge in [0.25, 0.3) is 0 Å². The number of nitrogens with zero attached hydrogens (tertiary/aromatic N) is 1. The Hall–Kier alpha value is -2.57. The number of fused-ring (bicyclic) bond motifs is 1. The molecule has 9 heteroatoms. The van der Waals surface area contributed by atoms with Crippen molar-refractivity contribution in [1.82, 2.24) is 4.57 Å². The SMILES string of the molecule is CC(C)(C)Sc1ccc(NCC#Cc2cc3c(NC4CCS(=O)CC4)cccc3n2CC(F)(F)F)cc1. The molecule has 1 aliphatic heterocycles. The molecule has 2 aromatic carbocycles. The minimum Gasteiger partial charge on any atom is -0.382 e. The van der Waals surface area contributed by atoms with Crippen LogP contribution in [0.1, 0.15) is 39.3 Å². The molecule has 1 saturated heterocycles. The van der Waals surface area contributed by atoms with Gasteiger partial charge in [-0.05, 0) is 61.2 Å². The molecule has 0 amide bonds. The number of alkyl halides is 3. The summed E-state index contributed by atoms with van der Waals surface area (Å²) in [7, 11) is -0.776. The first kappa shape index (κ1) is 27.5. The quantitative estimate of drug-likeness (QED) is 0.261. The van der Waals surface area contributed by atoms with E-state index in [0.29, 0.717) is 34.6 Å². The fourth-order valence-corrected chi connectivity index (χ4v) is 6.58. The Morgan fingerprint density at radius 2 is 1.78 bits per heavy atom. The number of hydrogen-bond acceptors (Lipinski definition) is 4. The number of thioether (sulfide) groups is 1. The molecule has 1 aliphatic rings. The topological polar surface area (TPSA) is 46.1 Å². The number of hydrogen-bond donors (Lipinski definition) is 2. The molecule has 0 radical (unpaired) electrons. The molecule has 0 aliphatic carbocycles. The van der Waals surface area contributed by atoms with Crippen molar-refractivity contribution in [3.05, 3.63) is 54.2 Å². The maximum atomic E-state index is 13.5. The highest BCUT2D eigenvalue weighted by molar-refractivity contribution is 8.00. The van der Waals surface area contributed by atoms with Crippen molar-refractivity contribution in [2.24, 2.45) is 0 Å². The van der Waals surface area contributed by atoms with Crippen LogP contribution in [-0.4, -0.2) is 43.8 Å². The van der Waals surface area contributed by atoms with E-state index in [9.17, 15) is 17.4 Å². The van der Waals surface area contributed by atoms with Gasteiger partial charge in [-0.2, -0.15) is 13.2 Å². The van der Waals surface area contributed by atoms with Crippen molar-refractivity contribution in [1.29, 1.82) is 0 Å². The molecule has 0 saturated carbocycles. The van der Waals surface area contributed by atoms with Crippen LogP contribution in [0.3, 0.4) is 0 Å². The average molecular weight is 548 g/mol. The van der Waals surface area contributed by atoms with Crippen LogP contribution < -0.4 is 10.6 Å². The number of nitrogens with one attached hydrogen (secondary N) is 2. The largest absolute Gasteiger partial charge is 0.406 e. The third-order valence-electron chi connectivity index (χ3n) is 5.91. The van der Waals surface area contributed by atoms with Crippen LogP contribution in [0.5, 0.6) is 0 Å². The lowest BCUT2D eigenvalue weighted by atomic mass is 10.1. The van der Waals surface area contributed by atoms with Crippen LogP contribution in [0.15, 0.2) is 53.4 Å². The molecule has 3 aromatic rings. The predicted molar refractivity (Wildman–Crippen MR) is 150 cm³/mol. The normalized spacial score (nSPS) is 18.3. The van der Waals surface area contributed by atoms with Gasteiger partial charge >= 0.3 is 6.18 Å². The van der Waals surface area contributed by atoms with Gasteiger partial charge in [-0.15, -0.1) is 11.8 Å². The van der Waals surface area contributed by atoms with Gasteiger partial charge in [0.15, 0.2) is 0 Å². The molecule has 4 nitrogen and oxygen atoms in total. The lowest BCUT2D eigenvalue weighted by Crippen LogP contribution is -2.29. The Bertz CT molecular complexity index is 1310. The van der Waals surface area contributed by atoms with Gasteiger partial charge in [0.2, 0.25) is 0 Å². The Labute approximate surface area is 223 Å². The molecule has 198 valence electrons. The van der Waals surface area contributed by atoms with Crippen molar-refractivity contribution < 1.29 is 17.4 Å². The van der Waals surface area contributed by atoms with Crippen LogP contribution in [0.2, 0.25) is 0 Å². The maximum Gasteiger partial charge on any atom is 0.406 e. The highest BCUT2D eigenvalue weighted by Crippen LogP contribution is 2.33. The molecule has 0 bridgehead atoms. The standard InChI is InChI=1S/C28H32F3N3OS2/c1-27(2,3)36-23-11-9-20(10-12-23)32-15-5-6-22-18-24-25(33-21-13-16-37(35)17-14-21)7-4-8-26(24)34(22)19-28(29,30)31/h4,7-12,18,21,32-33H,13-17,19H2,1-3H3. The number of benzene rings is 2. The average Bonchev–Trinajstić information content (AvgIpc) is 3.15. The highest BCUT2D eigenvalue weighted by Gasteiger charge is 2.30. The summed E-state index contributed by atoms with van der Waals surface area (Å²) in [4.78, 5) is 1.17. The van der Waals surface area contributed by atoms with Gasteiger partial charge < -0.3 is 15.2 Å². The van der Waals surface area contributed by atoms with Crippen LogP contribution >= 0.6 is 11.8 Å². The molecule has 0 unspecified atom stereocenters. The van der Waals surface area contributed by atoms with Crippen LogP contribution in [0.25, 0.3) is 10.9 Å². The van der Waals surface area contributed by atoms with Crippen LogP contribution in [0.4, 0.5) is 24.5 Å². The Balaban J connectivity index is 1.52. The summed E-state index contributed by atoms with van der Waals surface area (Å²) in [6.45, 7) is 5.69. The van der Waals surface area contributed by atoms with Crippen molar-refractivity contribution >= 4 is 44.8 Å². The van der Waals surface area contributed by atoms with E-state index in [-0.39, 0.29) is 10.8 Å². The summed E-state index contributed by atoms with van der Waals surface area (Å²) in [5.41, 5.74) is 2.50. The second-order valence-electron chi connectivity index (χ2n) is 10.1. The molecule has 0 spiro atoms. The molecule has 37 heavy (non-hydrogen) atoms. The molecule has 1 aromatic heterocycles. The Morgan fingerprint density at radius 1 is 1.08 bits per heavy atom. The third-order valence-corrected chi connectivity index (χ3v) is 8.41. The van der Waals surface area contributed by atoms with Crippen LogP contribution in [-0.2, 0) is 17.3 Å². The van der Waals surface area contributed by atoms with E-state index in [1.54, 1.807) is 30.0 Å². The lowest BCUT2D eigenvalue weighted by Gasteiger charge is -2.24. The predicted octanol–water partition coefficient (Wildman–Crippen LogP) is 6.88. The van der Waals surface area contributed by atoms with Gasteiger partial charge in [-0.25, -0.2) is 0 Å². The third kappa shape index (κ3) is 7.96. The van der Waals surface area contributed by atoms with Gasteiger partial charge in [0, 0.05) is 54.8 Å². The summed E-state index contributed by atoms with van der Waals surface area (Å²) in [5, 5.41) is 7.40. The fourth-order valence-electron chi connectivity index (χ4n) is 4.30. The highest BCUT2D eigenvalue weighted by atomic mass is 32.2. The Kier molecular flexibility index (Phi) is 8.49. The minimum absolute atomic E-state index is 0.126. The maximum absolute atomic E-state index is 13.5. The number of anilines is 2. The zero-order chi connectivity index (χ0) is 26.6. The number of halogens is 3. The monoisotopic (exact) mass is 547 g/mol. The van der Waals surface area contributed by atoms with Crippen molar-refractivity contribution in [3.8, 4) is 11.8 Å². The van der Waals surface area contributed by atoms with E-state index in [1.807, 2.05) is 30.3 Å². The van der Waals surface area contributed by atoms with E-state index in [2.05, 4.69) is 43.2 Å². The van der Waals surface area contributed by atoms with E-state index in [0.717, 1.165) is 24.2 Å². The van der Waals surface area contributed by atoms with Crippen molar-refractivity contribution in [3.63, 3.8) is 0 Å². The smallest absolute Gasteiger partial charge is 0.382 e. The van der Waals surface area contributed by atoms with Gasteiger partial charge in [-0.1, -0.05) is 32.8 Å². The van der Waals surface area contributed by atoms with E-state index in [1.165, 1.54) is 9.46 Å². The van der Waals surface area contributed by atoms with E-state index in [4.69, 9.17) is 0 Å². The molecular formula is C28H32F3N3OS2. The van der Waals surface area contributed by atoms with Crippen molar-refractivity contribution in [2.75, 3.05) is 28.7 Å². The molecule has 4 rings (SSSR count). The molecule has 2 heterocycles. The molecule has 0 atom stereocenters. The zero-order valence-electron chi connectivity index (χ0n) is 21.2. The summed E-state index contributed by atoms with van der Waals surface area (Å²) < 4.78 is 53.4. The second kappa shape index (κ2) is 11.4. The molecule has 1 fully saturated rings. The van der Waals surface area contributed by atoms with Gasteiger partial charge in [0.05, 0.1) is 17.8 Å². The minimum atomic E-state index is -4.37. The van der Waals surface area contributed by atoms with Gasteiger partial charge in [0.1, 0.15) is 6.54 Å². The number of aromatic nitrogens is 1. The van der Waals surface area contributed by atoms with Crippen LogP contribution in [0, 0.1) is 11.8 Å². The summed E-state index contributed by atoms with van der Waals surface area (Å²) in [6.07, 6.45) is -2.81. The first-order valence-corrected chi connectivity index (χ1v) is 14.6. The summed E-state index contributed by atoms with van der Waals surface area (Å²) in [6, 6.07) is 15.3. The summed E-state index contributed by atoms with van der Waals surface area (Å²) in [5.74, 6) is 7.23. The second-order valence-corrected chi connectivity index (χ2v) is 13.7. The molecule has 2 N–H and O–H groups in total. The van der Waals surface area contributed by atoms with E-state index >= 15 is 0 Å². The Morgan fingerprint density at radius 3 is 2.43 bits per heavy atom. The lowest BCUT2D eigenvalue weighted by molar-refractivity contribution is -0.140. The number of rotatable bonds is 6. The van der Waals surface area contributed by atoms with Gasteiger partial charge in [-0.3, -0.25) is 4.21 Å².